The Labute approximate surface area is 127 Å². The lowest BCUT2D eigenvalue weighted by atomic mass is 10.2. The van der Waals surface area contributed by atoms with Crippen LogP contribution in [0, 0.1) is 0 Å². The summed E-state index contributed by atoms with van der Waals surface area (Å²) in [6.07, 6.45) is 0. The van der Waals surface area contributed by atoms with E-state index in [1.165, 1.54) is 0 Å². The van der Waals surface area contributed by atoms with E-state index >= 15 is 0 Å². The van der Waals surface area contributed by atoms with Crippen LogP contribution in [0.3, 0.4) is 0 Å². The predicted octanol–water partition coefficient (Wildman–Crippen LogP) is 5.27. The first-order valence-corrected chi connectivity index (χ1v) is 6.75. The third kappa shape index (κ3) is 3.47. The highest BCUT2D eigenvalue weighted by atomic mass is 35.5. The molecule has 0 amide bonds. The Balaban J connectivity index is 2.19. The molecular weight excluding hydrogens is 305 g/mol. The van der Waals surface area contributed by atoms with Crippen molar-refractivity contribution in [3.8, 4) is 5.75 Å². The number of benzene rings is 2. The summed E-state index contributed by atoms with van der Waals surface area (Å²) in [6.45, 7) is 0.518. The first-order valence-electron chi connectivity index (χ1n) is 5.62. The molecule has 2 aromatic carbocycles. The van der Waals surface area contributed by atoms with Gasteiger partial charge in [-0.15, -0.1) is 0 Å². The maximum Gasteiger partial charge on any atom is 0.125 e. The lowest BCUT2D eigenvalue weighted by molar-refractivity contribution is 0.410. The van der Waals surface area contributed by atoms with Gasteiger partial charge in [0.2, 0.25) is 0 Å². The Bertz CT molecular complexity index is 587. The monoisotopic (exact) mass is 315 g/mol. The number of nitrogens with one attached hydrogen (secondary N) is 1. The summed E-state index contributed by atoms with van der Waals surface area (Å²) in [5, 5.41) is 5.04. The maximum absolute atomic E-state index is 6.17. The molecule has 0 spiro atoms. The van der Waals surface area contributed by atoms with Crippen molar-refractivity contribution >= 4 is 40.5 Å². The summed E-state index contributed by atoms with van der Waals surface area (Å²) in [7, 11) is 1.62. The van der Waals surface area contributed by atoms with Crippen LogP contribution in [0.15, 0.2) is 36.4 Å². The van der Waals surface area contributed by atoms with E-state index in [-0.39, 0.29) is 0 Å². The smallest absolute Gasteiger partial charge is 0.125 e. The topological polar surface area (TPSA) is 21.3 Å². The molecule has 0 aromatic heterocycles. The van der Waals surface area contributed by atoms with Crippen molar-refractivity contribution in [2.45, 2.75) is 6.54 Å². The van der Waals surface area contributed by atoms with Gasteiger partial charge in [-0.25, -0.2) is 0 Å². The molecule has 100 valence electrons. The van der Waals surface area contributed by atoms with Crippen molar-refractivity contribution in [2.24, 2.45) is 0 Å². The van der Waals surface area contributed by atoms with Gasteiger partial charge in [-0.1, -0.05) is 40.9 Å². The van der Waals surface area contributed by atoms with E-state index < -0.39 is 0 Å². The van der Waals surface area contributed by atoms with Crippen LogP contribution in [0.5, 0.6) is 5.75 Å². The van der Waals surface area contributed by atoms with E-state index in [0.29, 0.717) is 21.6 Å². The average Bonchev–Trinajstić information content (AvgIpc) is 2.39. The molecule has 2 rings (SSSR count). The van der Waals surface area contributed by atoms with Gasteiger partial charge in [-0.05, 0) is 30.3 Å². The van der Waals surface area contributed by atoms with Crippen LogP contribution < -0.4 is 10.1 Å². The molecule has 0 fully saturated rings. The van der Waals surface area contributed by atoms with Gasteiger partial charge >= 0.3 is 0 Å². The Morgan fingerprint density at radius 3 is 2.53 bits per heavy atom. The zero-order valence-corrected chi connectivity index (χ0v) is 12.5. The fourth-order valence-electron chi connectivity index (χ4n) is 1.72. The van der Waals surface area contributed by atoms with E-state index in [0.717, 1.165) is 17.0 Å². The van der Waals surface area contributed by atoms with Crippen LogP contribution in [-0.2, 0) is 6.54 Å². The maximum atomic E-state index is 6.17. The molecule has 5 heteroatoms. The molecular formula is C14H12Cl3NO. The number of halogens is 3. The van der Waals surface area contributed by atoms with Gasteiger partial charge < -0.3 is 10.1 Å². The number of rotatable bonds is 4. The van der Waals surface area contributed by atoms with Crippen molar-refractivity contribution in [1.29, 1.82) is 0 Å². The molecule has 0 saturated heterocycles. The number of hydrogen-bond acceptors (Lipinski definition) is 2. The average molecular weight is 317 g/mol. The highest BCUT2D eigenvalue weighted by Crippen LogP contribution is 2.29. The van der Waals surface area contributed by atoms with Crippen molar-refractivity contribution in [1.82, 2.24) is 0 Å². The lowest BCUT2D eigenvalue weighted by Gasteiger charge is -2.13. The van der Waals surface area contributed by atoms with E-state index in [4.69, 9.17) is 39.5 Å². The van der Waals surface area contributed by atoms with Crippen LogP contribution in [0.1, 0.15) is 5.56 Å². The summed E-state index contributed by atoms with van der Waals surface area (Å²) in [4.78, 5) is 0. The normalized spacial score (nSPS) is 10.3. The molecule has 0 aliphatic carbocycles. The van der Waals surface area contributed by atoms with Crippen LogP contribution in [-0.4, -0.2) is 7.11 Å². The van der Waals surface area contributed by atoms with Crippen molar-refractivity contribution in [2.75, 3.05) is 12.4 Å². The van der Waals surface area contributed by atoms with Gasteiger partial charge in [0.15, 0.2) is 0 Å². The Kier molecular flexibility index (Phi) is 4.81. The molecule has 19 heavy (non-hydrogen) atoms. The van der Waals surface area contributed by atoms with E-state index in [2.05, 4.69) is 5.32 Å². The number of anilines is 1. The minimum absolute atomic E-state index is 0.518. The Morgan fingerprint density at radius 2 is 1.84 bits per heavy atom. The van der Waals surface area contributed by atoms with E-state index in [1.54, 1.807) is 19.2 Å². The molecule has 0 aliphatic heterocycles. The minimum Gasteiger partial charge on any atom is -0.496 e. The highest BCUT2D eigenvalue weighted by Gasteiger charge is 2.08. The standard InChI is InChI=1S/C14H12Cl3NO/c1-19-14-4-2-3-11(16)10(14)8-18-13-6-5-9(15)7-12(13)17/h2-7,18H,8H2,1H3. The summed E-state index contributed by atoms with van der Waals surface area (Å²) in [6, 6.07) is 10.8. The SMILES string of the molecule is COc1cccc(Cl)c1CNc1ccc(Cl)cc1Cl. The van der Waals surface area contributed by atoms with Gasteiger partial charge in [-0.2, -0.15) is 0 Å². The molecule has 0 saturated carbocycles. The molecule has 0 heterocycles. The molecule has 0 radical (unpaired) electrons. The van der Waals surface area contributed by atoms with Crippen LogP contribution in [0.2, 0.25) is 15.1 Å². The fraction of sp³-hybridized carbons (Fsp3) is 0.143. The summed E-state index contributed by atoms with van der Waals surface area (Å²) in [5.41, 5.74) is 1.69. The molecule has 0 aliphatic rings. The zero-order valence-electron chi connectivity index (χ0n) is 10.2. The number of hydrogen-bond donors (Lipinski definition) is 1. The van der Waals surface area contributed by atoms with Crippen LogP contribution in [0.25, 0.3) is 0 Å². The minimum atomic E-state index is 0.518. The summed E-state index contributed by atoms with van der Waals surface area (Å²) in [5.74, 6) is 0.741. The fourth-order valence-corrected chi connectivity index (χ4v) is 2.43. The quantitative estimate of drug-likeness (QED) is 0.830. The zero-order chi connectivity index (χ0) is 13.8. The Morgan fingerprint density at radius 1 is 1.05 bits per heavy atom. The molecule has 0 bridgehead atoms. The van der Waals surface area contributed by atoms with Gasteiger partial charge in [-0.3, -0.25) is 0 Å². The van der Waals surface area contributed by atoms with Crippen molar-refractivity contribution in [3.63, 3.8) is 0 Å². The molecule has 0 atom stereocenters. The second kappa shape index (κ2) is 6.38. The van der Waals surface area contributed by atoms with Gasteiger partial charge in [0.25, 0.3) is 0 Å². The van der Waals surface area contributed by atoms with Crippen LogP contribution >= 0.6 is 34.8 Å². The van der Waals surface area contributed by atoms with Crippen LogP contribution in [0.4, 0.5) is 5.69 Å². The number of methoxy groups -OCH3 is 1. The molecule has 1 N–H and O–H groups in total. The Hall–Kier alpha value is -1.09. The third-order valence-electron chi connectivity index (χ3n) is 2.68. The molecule has 2 aromatic rings. The first kappa shape index (κ1) is 14.3. The largest absolute Gasteiger partial charge is 0.496 e. The second-order valence-electron chi connectivity index (χ2n) is 3.90. The predicted molar refractivity (Wildman–Crippen MR) is 81.8 cm³/mol. The van der Waals surface area contributed by atoms with Gasteiger partial charge in [0.05, 0.1) is 17.8 Å². The summed E-state index contributed by atoms with van der Waals surface area (Å²) < 4.78 is 5.29. The second-order valence-corrected chi connectivity index (χ2v) is 5.15. The van der Waals surface area contributed by atoms with Crippen molar-refractivity contribution < 1.29 is 4.74 Å². The third-order valence-corrected chi connectivity index (χ3v) is 3.58. The lowest BCUT2D eigenvalue weighted by Crippen LogP contribution is -2.03. The summed E-state index contributed by atoms with van der Waals surface area (Å²) >= 11 is 18.1. The van der Waals surface area contributed by atoms with Crippen molar-refractivity contribution in [3.05, 3.63) is 57.0 Å². The highest BCUT2D eigenvalue weighted by molar-refractivity contribution is 6.36. The van der Waals surface area contributed by atoms with E-state index in [9.17, 15) is 0 Å². The van der Waals surface area contributed by atoms with Gasteiger partial charge in [0.1, 0.15) is 5.75 Å². The molecule has 2 nitrogen and oxygen atoms in total. The van der Waals surface area contributed by atoms with Gasteiger partial charge in [0, 0.05) is 22.2 Å². The first-order chi connectivity index (χ1) is 9.11. The molecule has 0 unspecified atom stereocenters. The number of ether oxygens (including phenoxy) is 1. The van der Waals surface area contributed by atoms with E-state index in [1.807, 2.05) is 24.3 Å².